The largest absolute Gasteiger partial charge is 0.380 e. The Bertz CT molecular complexity index is 515. The van der Waals surface area contributed by atoms with Crippen LogP contribution >= 0.6 is 0 Å². The molecule has 3 N–H and O–H groups in total. The van der Waals surface area contributed by atoms with E-state index in [0.717, 1.165) is 12.2 Å². The number of ether oxygens (including phenoxy) is 1. The van der Waals surface area contributed by atoms with Gasteiger partial charge in [-0.2, -0.15) is 0 Å². The van der Waals surface area contributed by atoms with Gasteiger partial charge in [-0.3, -0.25) is 0 Å². The molecule has 1 aromatic rings. The number of benzene rings is 1. The summed E-state index contributed by atoms with van der Waals surface area (Å²) in [7, 11) is -3.65. The van der Waals surface area contributed by atoms with Gasteiger partial charge in [0.05, 0.1) is 11.5 Å². The maximum atomic E-state index is 11.3. The number of hydrogen-bond acceptors (Lipinski definition) is 4. The Morgan fingerprint density at radius 1 is 1.30 bits per heavy atom. The smallest absolute Gasteiger partial charge is 0.238 e. The van der Waals surface area contributed by atoms with Gasteiger partial charge in [0.2, 0.25) is 10.0 Å². The normalized spacial score (nSPS) is 13.7. The van der Waals surface area contributed by atoms with Crippen molar-refractivity contribution in [2.45, 2.75) is 31.7 Å². The molecule has 0 saturated carbocycles. The Morgan fingerprint density at radius 2 is 2.00 bits per heavy atom. The van der Waals surface area contributed by atoms with E-state index in [9.17, 15) is 8.42 Å². The van der Waals surface area contributed by atoms with Crippen LogP contribution in [-0.2, 0) is 14.8 Å². The first kappa shape index (κ1) is 17.1. The zero-order valence-electron chi connectivity index (χ0n) is 12.3. The second kappa shape index (κ2) is 7.73. The molecule has 0 aromatic heterocycles. The fourth-order valence-corrected chi connectivity index (χ4v) is 2.31. The van der Waals surface area contributed by atoms with Crippen molar-refractivity contribution in [1.82, 2.24) is 5.32 Å². The van der Waals surface area contributed by atoms with Crippen LogP contribution in [-0.4, -0.2) is 28.2 Å². The summed E-state index contributed by atoms with van der Waals surface area (Å²) in [6, 6.07) is 6.71. The first-order valence-corrected chi connectivity index (χ1v) is 8.29. The molecule has 1 aromatic carbocycles. The predicted octanol–water partition coefficient (Wildman–Crippen LogP) is 1.66. The van der Waals surface area contributed by atoms with Crippen LogP contribution < -0.4 is 10.5 Å². The monoisotopic (exact) mass is 300 g/mol. The van der Waals surface area contributed by atoms with Gasteiger partial charge >= 0.3 is 0 Å². The van der Waals surface area contributed by atoms with Gasteiger partial charge in [-0.05, 0) is 30.5 Å². The molecule has 0 aliphatic rings. The van der Waals surface area contributed by atoms with Gasteiger partial charge in [-0.15, -0.1) is 0 Å². The van der Waals surface area contributed by atoms with Crippen molar-refractivity contribution in [1.29, 1.82) is 0 Å². The third kappa shape index (κ3) is 6.00. The predicted molar refractivity (Wildman–Crippen MR) is 79.9 cm³/mol. The fourth-order valence-electron chi connectivity index (χ4n) is 1.75. The van der Waals surface area contributed by atoms with E-state index >= 15 is 0 Å². The van der Waals surface area contributed by atoms with E-state index in [2.05, 4.69) is 19.2 Å². The highest BCUT2D eigenvalue weighted by atomic mass is 32.2. The van der Waals surface area contributed by atoms with Gasteiger partial charge in [-0.1, -0.05) is 26.0 Å². The van der Waals surface area contributed by atoms with Crippen molar-refractivity contribution in [2.24, 2.45) is 11.1 Å². The minimum atomic E-state index is -3.65. The van der Waals surface area contributed by atoms with Gasteiger partial charge in [0, 0.05) is 19.2 Å². The summed E-state index contributed by atoms with van der Waals surface area (Å²) in [6.45, 7) is 8.29. The maximum Gasteiger partial charge on any atom is 0.238 e. The summed E-state index contributed by atoms with van der Waals surface area (Å²) in [5.74, 6) is 0.527. The Balaban J connectivity index is 2.49. The molecule has 0 bridgehead atoms. The standard InChI is InChI=1S/C14H24N2O3S/c1-11(2)10-19-8-7-16-12(3)13-5-4-6-14(9-13)20(15,17)18/h4-6,9,11-12,16H,7-8,10H2,1-3H3,(H2,15,17,18). The summed E-state index contributed by atoms with van der Waals surface area (Å²) in [6.07, 6.45) is 0. The van der Waals surface area contributed by atoms with Crippen LogP contribution in [0.15, 0.2) is 29.2 Å². The molecule has 0 radical (unpaired) electrons. The highest BCUT2D eigenvalue weighted by Crippen LogP contribution is 2.16. The summed E-state index contributed by atoms with van der Waals surface area (Å²) in [5.41, 5.74) is 0.889. The second-order valence-corrected chi connectivity index (χ2v) is 6.82. The summed E-state index contributed by atoms with van der Waals surface area (Å²) >= 11 is 0. The highest BCUT2D eigenvalue weighted by molar-refractivity contribution is 7.89. The van der Waals surface area contributed by atoms with Crippen LogP contribution in [0.4, 0.5) is 0 Å². The third-order valence-corrected chi connectivity index (χ3v) is 3.75. The minimum Gasteiger partial charge on any atom is -0.380 e. The molecule has 6 heteroatoms. The van der Waals surface area contributed by atoms with Gasteiger partial charge < -0.3 is 10.1 Å². The fraction of sp³-hybridized carbons (Fsp3) is 0.571. The molecule has 0 spiro atoms. The molecule has 0 saturated heterocycles. The molecule has 1 unspecified atom stereocenters. The molecular formula is C14H24N2O3S. The number of hydrogen-bond donors (Lipinski definition) is 2. The number of sulfonamides is 1. The van der Waals surface area contributed by atoms with Crippen LogP contribution in [0.2, 0.25) is 0 Å². The van der Waals surface area contributed by atoms with Gasteiger partial charge in [0.15, 0.2) is 0 Å². The van der Waals surface area contributed by atoms with E-state index in [1.54, 1.807) is 12.1 Å². The van der Waals surface area contributed by atoms with E-state index in [-0.39, 0.29) is 10.9 Å². The average Bonchev–Trinajstić information content (AvgIpc) is 2.37. The Kier molecular flexibility index (Phi) is 6.61. The minimum absolute atomic E-state index is 0.0411. The van der Waals surface area contributed by atoms with Gasteiger partial charge in [0.25, 0.3) is 0 Å². The van der Waals surface area contributed by atoms with Crippen molar-refractivity contribution in [3.63, 3.8) is 0 Å². The number of primary sulfonamides is 1. The summed E-state index contributed by atoms with van der Waals surface area (Å²) in [5, 5.41) is 8.42. The van der Waals surface area contributed by atoms with E-state index in [1.807, 2.05) is 13.0 Å². The van der Waals surface area contributed by atoms with E-state index in [1.165, 1.54) is 6.07 Å². The van der Waals surface area contributed by atoms with E-state index < -0.39 is 10.0 Å². The van der Waals surface area contributed by atoms with Crippen molar-refractivity contribution in [3.05, 3.63) is 29.8 Å². The summed E-state index contributed by atoms with van der Waals surface area (Å²) in [4.78, 5) is 0.139. The zero-order valence-corrected chi connectivity index (χ0v) is 13.1. The number of rotatable bonds is 8. The van der Waals surface area contributed by atoms with Crippen molar-refractivity contribution < 1.29 is 13.2 Å². The lowest BCUT2D eigenvalue weighted by Gasteiger charge is -2.15. The maximum absolute atomic E-state index is 11.3. The average molecular weight is 300 g/mol. The second-order valence-electron chi connectivity index (χ2n) is 5.26. The molecule has 0 aliphatic heterocycles. The lowest BCUT2D eigenvalue weighted by Crippen LogP contribution is -2.24. The lowest BCUT2D eigenvalue weighted by molar-refractivity contribution is 0.110. The molecule has 0 fully saturated rings. The first-order valence-electron chi connectivity index (χ1n) is 6.74. The van der Waals surface area contributed by atoms with Gasteiger partial charge in [0.1, 0.15) is 0 Å². The first-order chi connectivity index (χ1) is 9.30. The Labute approximate surface area is 121 Å². The third-order valence-electron chi connectivity index (χ3n) is 2.83. The molecule has 1 atom stereocenters. The highest BCUT2D eigenvalue weighted by Gasteiger charge is 2.11. The van der Waals surface area contributed by atoms with Crippen LogP contribution in [0, 0.1) is 5.92 Å². The molecule has 5 nitrogen and oxygen atoms in total. The molecule has 1 rings (SSSR count). The van der Waals surface area contributed by atoms with Crippen molar-refractivity contribution in [3.8, 4) is 0 Å². The quantitative estimate of drug-likeness (QED) is 0.715. The van der Waals surface area contributed by atoms with Crippen molar-refractivity contribution in [2.75, 3.05) is 19.8 Å². The van der Waals surface area contributed by atoms with Crippen LogP contribution in [0.5, 0.6) is 0 Å². The number of nitrogens with one attached hydrogen (secondary N) is 1. The lowest BCUT2D eigenvalue weighted by atomic mass is 10.1. The zero-order chi connectivity index (χ0) is 15.2. The SMILES string of the molecule is CC(C)COCCNC(C)c1cccc(S(N)(=O)=O)c1. The molecular weight excluding hydrogens is 276 g/mol. The number of nitrogens with two attached hydrogens (primary N) is 1. The van der Waals surface area contributed by atoms with Crippen LogP contribution in [0.25, 0.3) is 0 Å². The Morgan fingerprint density at radius 3 is 2.60 bits per heavy atom. The van der Waals surface area contributed by atoms with E-state index in [4.69, 9.17) is 9.88 Å². The topological polar surface area (TPSA) is 81.4 Å². The molecule has 0 amide bonds. The molecule has 0 aliphatic carbocycles. The summed E-state index contributed by atoms with van der Waals surface area (Å²) < 4.78 is 28.1. The van der Waals surface area contributed by atoms with E-state index in [0.29, 0.717) is 19.1 Å². The van der Waals surface area contributed by atoms with Crippen LogP contribution in [0.3, 0.4) is 0 Å². The molecule has 20 heavy (non-hydrogen) atoms. The van der Waals surface area contributed by atoms with Crippen LogP contribution in [0.1, 0.15) is 32.4 Å². The van der Waals surface area contributed by atoms with Gasteiger partial charge in [-0.25, -0.2) is 13.6 Å². The molecule has 0 heterocycles. The Hall–Kier alpha value is -0.950. The van der Waals surface area contributed by atoms with Crippen molar-refractivity contribution >= 4 is 10.0 Å². The molecule has 114 valence electrons.